The number of ether oxygens (including phenoxy) is 1. The Labute approximate surface area is 160 Å². The van der Waals surface area contributed by atoms with E-state index in [0.717, 1.165) is 29.8 Å². The smallest absolute Gasteiger partial charge is 0.243 e. The minimum absolute atomic E-state index is 0.238. The van der Waals surface area contributed by atoms with Crippen molar-refractivity contribution in [2.45, 2.75) is 38.6 Å². The molecule has 0 bridgehead atoms. The van der Waals surface area contributed by atoms with Crippen molar-refractivity contribution in [1.82, 2.24) is 5.32 Å². The number of allylic oxidation sites excluding steroid dienone is 1. The molecule has 0 fully saturated rings. The van der Waals surface area contributed by atoms with Gasteiger partial charge in [0.05, 0.1) is 19.1 Å². The van der Waals surface area contributed by atoms with Crippen LogP contribution in [0.4, 0.5) is 5.69 Å². The Morgan fingerprint density at radius 1 is 1.38 bits per heavy atom. The van der Waals surface area contributed by atoms with E-state index in [1.165, 1.54) is 25.2 Å². The Hall–Kier alpha value is -1.73. The highest BCUT2D eigenvalue weighted by Crippen LogP contribution is 2.34. The molecule has 8 heteroatoms. The summed E-state index contributed by atoms with van der Waals surface area (Å²) in [5.74, 6) is -0.0432. The van der Waals surface area contributed by atoms with Crippen LogP contribution in [0.2, 0.25) is 5.02 Å². The summed E-state index contributed by atoms with van der Waals surface area (Å²) in [6, 6.07) is 3.72. The molecule has 144 valence electrons. The molecule has 2 rings (SSSR count). The van der Waals surface area contributed by atoms with E-state index in [0.29, 0.717) is 17.3 Å². The van der Waals surface area contributed by atoms with Crippen molar-refractivity contribution in [2.24, 2.45) is 0 Å². The van der Waals surface area contributed by atoms with Crippen LogP contribution < -0.4 is 14.4 Å². The number of hydrogen-bond donors (Lipinski definition) is 1. The number of carbonyl (C=O) groups excluding carboxylic acids is 1. The Bertz CT molecular complexity index is 792. The van der Waals surface area contributed by atoms with Crippen LogP contribution in [0, 0.1) is 0 Å². The molecular formula is C18H25ClN2O4S. The summed E-state index contributed by atoms with van der Waals surface area (Å²) in [5.41, 5.74) is 1.42. The molecule has 0 saturated heterocycles. The molecule has 26 heavy (non-hydrogen) atoms. The van der Waals surface area contributed by atoms with Gasteiger partial charge < -0.3 is 10.1 Å². The third-order valence-electron chi connectivity index (χ3n) is 4.34. The maximum absolute atomic E-state index is 12.6. The Morgan fingerprint density at radius 2 is 2.12 bits per heavy atom. The summed E-state index contributed by atoms with van der Waals surface area (Å²) in [4.78, 5) is 12.6. The molecule has 1 N–H and O–H groups in total. The number of benzene rings is 1. The van der Waals surface area contributed by atoms with Gasteiger partial charge in [0.25, 0.3) is 0 Å². The van der Waals surface area contributed by atoms with Crippen LogP contribution in [0.5, 0.6) is 5.75 Å². The third-order valence-corrected chi connectivity index (χ3v) is 5.80. The van der Waals surface area contributed by atoms with Crippen molar-refractivity contribution in [3.05, 3.63) is 34.9 Å². The lowest BCUT2D eigenvalue weighted by atomic mass is 10.00. The van der Waals surface area contributed by atoms with Crippen LogP contribution in [0.1, 0.15) is 32.6 Å². The second kappa shape index (κ2) is 8.77. The quantitative estimate of drug-likeness (QED) is 0.713. The molecule has 1 atom stereocenters. The fourth-order valence-corrected chi connectivity index (χ4v) is 4.37. The third kappa shape index (κ3) is 5.14. The maximum atomic E-state index is 12.6. The lowest BCUT2D eigenvalue weighted by Crippen LogP contribution is -2.48. The van der Waals surface area contributed by atoms with Crippen molar-refractivity contribution in [1.29, 1.82) is 0 Å². The van der Waals surface area contributed by atoms with Crippen LogP contribution in [0.3, 0.4) is 0 Å². The zero-order chi connectivity index (χ0) is 19.3. The van der Waals surface area contributed by atoms with Gasteiger partial charge in [0.15, 0.2) is 0 Å². The van der Waals surface area contributed by atoms with E-state index in [1.807, 2.05) is 0 Å². The van der Waals surface area contributed by atoms with Crippen molar-refractivity contribution >= 4 is 33.2 Å². The first kappa shape index (κ1) is 20.6. The number of sulfonamides is 1. The molecule has 0 aromatic heterocycles. The van der Waals surface area contributed by atoms with Crippen LogP contribution >= 0.6 is 11.6 Å². The highest BCUT2D eigenvalue weighted by molar-refractivity contribution is 7.92. The van der Waals surface area contributed by atoms with E-state index in [4.69, 9.17) is 16.3 Å². The van der Waals surface area contributed by atoms with Gasteiger partial charge in [0.2, 0.25) is 15.9 Å². The Morgan fingerprint density at radius 3 is 2.69 bits per heavy atom. The molecule has 6 nitrogen and oxygen atoms in total. The number of halogens is 1. The van der Waals surface area contributed by atoms with Gasteiger partial charge in [-0.2, -0.15) is 0 Å². The highest BCUT2D eigenvalue weighted by atomic mass is 35.5. The standard InChI is InChI=1S/C18H25ClN2O4S/c1-13(18(22)20-12-14-7-5-4-6-8-14)21(26(3,23)24)16-11-15(19)9-10-17(16)25-2/h7,9-11,13H,4-6,8,12H2,1-3H3,(H,20,22)/t13-/m0/s1. The first-order chi connectivity index (χ1) is 12.2. The van der Waals surface area contributed by atoms with Gasteiger partial charge in [-0.1, -0.05) is 23.3 Å². The van der Waals surface area contributed by atoms with Crippen molar-refractivity contribution in [2.75, 3.05) is 24.2 Å². The second-order valence-electron chi connectivity index (χ2n) is 6.38. The van der Waals surface area contributed by atoms with Gasteiger partial charge >= 0.3 is 0 Å². The molecule has 0 spiro atoms. The summed E-state index contributed by atoms with van der Waals surface area (Å²) in [6.45, 7) is 1.99. The zero-order valence-corrected chi connectivity index (χ0v) is 16.9. The molecule has 1 aromatic carbocycles. The summed E-state index contributed by atoms with van der Waals surface area (Å²) in [6.07, 6.45) is 7.47. The van der Waals surface area contributed by atoms with Gasteiger partial charge in [0.1, 0.15) is 11.8 Å². The molecule has 1 amide bonds. The average Bonchev–Trinajstić information content (AvgIpc) is 2.59. The molecule has 0 radical (unpaired) electrons. The van der Waals surface area contributed by atoms with Gasteiger partial charge in [0, 0.05) is 11.6 Å². The van der Waals surface area contributed by atoms with Crippen LogP contribution in [0.25, 0.3) is 0 Å². The number of anilines is 1. The van der Waals surface area contributed by atoms with Crippen LogP contribution in [-0.2, 0) is 14.8 Å². The number of carbonyl (C=O) groups is 1. The van der Waals surface area contributed by atoms with Crippen molar-refractivity contribution < 1.29 is 17.9 Å². The first-order valence-electron chi connectivity index (χ1n) is 8.52. The largest absolute Gasteiger partial charge is 0.495 e. The molecule has 0 unspecified atom stereocenters. The monoisotopic (exact) mass is 400 g/mol. The number of hydrogen-bond acceptors (Lipinski definition) is 4. The van der Waals surface area contributed by atoms with Gasteiger partial charge in [-0.05, 0) is 50.8 Å². The number of nitrogens with one attached hydrogen (secondary N) is 1. The first-order valence-corrected chi connectivity index (χ1v) is 10.7. The number of rotatable bonds is 7. The predicted octanol–water partition coefficient (Wildman–Crippen LogP) is 3.12. The Balaban J connectivity index is 2.25. The zero-order valence-electron chi connectivity index (χ0n) is 15.3. The number of methoxy groups -OCH3 is 1. The summed E-state index contributed by atoms with van der Waals surface area (Å²) < 4.78 is 31.1. The second-order valence-corrected chi connectivity index (χ2v) is 8.67. The number of nitrogens with zero attached hydrogens (tertiary/aromatic N) is 1. The fourth-order valence-electron chi connectivity index (χ4n) is 3.03. The molecule has 1 aliphatic rings. The fraction of sp³-hybridized carbons (Fsp3) is 0.500. The molecule has 0 aliphatic heterocycles. The highest BCUT2D eigenvalue weighted by Gasteiger charge is 2.31. The van der Waals surface area contributed by atoms with E-state index < -0.39 is 16.1 Å². The molecular weight excluding hydrogens is 376 g/mol. The van der Waals surface area contributed by atoms with Crippen molar-refractivity contribution in [3.8, 4) is 5.75 Å². The van der Waals surface area contributed by atoms with E-state index in [1.54, 1.807) is 19.1 Å². The SMILES string of the molecule is COc1ccc(Cl)cc1N([C@@H](C)C(=O)NCC1=CCCCC1)S(C)(=O)=O. The topological polar surface area (TPSA) is 75.7 Å². The van der Waals surface area contributed by atoms with Crippen LogP contribution in [-0.4, -0.2) is 40.3 Å². The minimum Gasteiger partial charge on any atom is -0.495 e. The van der Waals surface area contributed by atoms with E-state index in [9.17, 15) is 13.2 Å². The summed E-state index contributed by atoms with van der Waals surface area (Å²) >= 11 is 6.03. The van der Waals surface area contributed by atoms with Gasteiger partial charge in [-0.3, -0.25) is 9.10 Å². The van der Waals surface area contributed by atoms with E-state index >= 15 is 0 Å². The minimum atomic E-state index is -3.74. The lowest BCUT2D eigenvalue weighted by Gasteiger charge is -2.29. The molecule has 1 aromatic rings. The van der Waals surface area contributed by atoms with E-state index in [2.05, 4.69) is 11.4 Å². The normalized spacial score (nSPS) is 15.8. The summed E-state index contributed by atoms with van der Waals surface area (Å²) in [5, 5.41) is 3.20. The molecule has 1 aliphatic carbocycles. The lowest BCUT2D eigenvalue weighted by molar-refractivity contribution is -0.121. The average molecular weight is 401 g/mol. The summed E-state index contributed by atoms with van der Waals surface area (Å²) in [7, 11) is -2.30. The van der Waals surface area contributed by atoms with E-state index in [-0.39, 0.29) is 11.6 Å². The van der Waals surface area contributed by atoms with Crippen molar-refractivity contribution in [3.63, 3.8) is 0 Å². The van der Waals surface area contributed by atoms with Gasteiger partial charge in [-0.15, -0.1) is 0 Å². The molecule has 0 saturated carbocycles. The van der Waals surface area contributed by atoms with Crippen LogP contribution in [0.15, 0.2) is 29.8 Å². The Kier molecular flexibility index (Phi) is 6.94. The maximum Gasteiger partial charge on any atom is 0.243 e. The molecule has 0 heterocycles. The van der Waals surface area contributed by atoms with Gasteiger partial charge in [-0.25, -0.2) is 8.42 Å². The predicted molar refractivity (Wildman–Crippen MR) is 104 cm³/mol. The number of amides is 1.